The summed E-state index contributed by atoms with van der Waals surface area (Å²) in [5.74, 6) is 0.849. The second-order valence-corrected chi connectivity index (χ2v) is 10.6. The van der Waals surface area contributed by atoms with E-state index in [-0.39, 0.29) is 24.0 Å². The Kier molecular flexibility index (Phi) is 12.2. The first-order valence-electron chi connectivity index (χ1n) is 13.3. The summed E-state index contributed by atoms with van der Waals surface area (Å²) in [6, 6.07) is 32.0. The van der Waals surface area contributed by atoms with Crippen LogP contribution in [-0.2, 0) is 7.05 Å². The predicted molar refractivity (Wildman–Crippen MR) is 165 cm³/mol. The Morgan fingerprint density at radius 3 is 2.17 bits per heavy atom. The molecule has 40 heavy (non-hydrogen) atoms. The molecular formula is C34H35BrIN3O. The van der Waals surface area contributed by atoms with Gasteiger partial charge in [0.15, 0.2) is 0 Å². The number of methoxy groups -OCH3 is 1. The molecule has 0 radical (unpaired) electrons. The van der Waals surface area contributed by atoms with Gasteiger partial charge in [-0.2, -0.15) is 9.83 Å². The van der Waals surface area contributed by atoms with E-state index in [2.05, 4.69) is 131 Å². The molecule has 0 saturated carbocycles. The highest BCUT2D eigenvalue weighted by molar-refractivity contribution is 9.10. The summed E-state index contributed by atoms with van der Waals surface area (Å²) in [7, 11) is 5.93. The van der Waals surface area contributed by atoms with Crippen LogP contribution in [0.3, 0.4) is 0 Å². The molecule has 0 N–H and O–H groups in total. The molecule has 4 nitrogen and oxygen atoms in total. The highest BCUT2D eigenvalue weighted by Gasteiger charge is 2.17. The minimum atomic E-state index is 0. The van der Waals surface area contributed by atoms with Crippen molar-refractivity contribution in [1.29, 1.82) is 5.26 Å². The molecule has 0 atom stereocenters. The summed E-state index contributed by atoms with van der Waals surface area (Å²) >= 11 is 3.56. The maximum absolute atomic E-state index is 8.70. The second-order valence-electron chi connectivity index (χ2n) is 9.66. The monoisotopic (exact) mass is 707 g/mol. The smallest absolute Gasteiger partial charge is 0.213 e. The first-order valence-corrected chi connectivity index (χ1v) is 14.1. The Morgan fingerprint density at radius 2 is 1.52 bits per heavy atom. The van der Waals surface area contributed by atoms with Crippen LogP contribution in [0.4, 0.5) is 5.69 Å². The van der Waals surface area contributed by atoms with Crippen molar-refractivity contribution in [2.45, 2.75) is 25.7 Å². The van der Waals surface area contributed by atoms with E-state index in [0.717, 1.165) is 69.7 Å². The molecule has 0 saturated heterocycles. The molecule has 1 heterocycles. The zero-order valence-electron chi connectivity index (χ0n) is 23.3. The van der Waals surface area contributed by atoms with E-state index in [0.29, 0.717) is 6.42 Å². The van der Waals surface area contributed by atoms with Gasteiger partial charge in [0.05, 0.1) is 13.2 Å². The van der Waals surface area contributed by atoms with Crippen molar-refractivity contribution < 1.29 is 33.3 Å². The van der Waals surface area contributed by atoms with Crippen LogP contribution in [0.1, 0.15) is 36.9 Å². The lowest BCUT2D eigenvalue weighted by Crippen LogP contribution is -3.00. The van der Waals surface area contributed by atoms with Crippen LogP contribution < -0.4 is 38.2 Å². The number of ether oxygens (including phenoxy) is 1. The molecule has 6 heteroatoms. The van der Waals surface area contributed by atoms with Gasteiger partial charge in [-0.05, 0) is 84.1 Å². The van der Waals surface area contributed by atoms with Gasteiger partial charge in [-0.15, -0.1) is 0 Å². The maximum Gasteiger partial charge on any atom is 0.213 e. The summed E-state index contributed by atoms with van der Waals surface area (Å²) in [6.07, 6.45) is 8.17. The van der Waals surface area contributed by atoms with Gasteiger partial charge < -0.3 is 33.6 Å². The molecule has 206 valence electrons. The topological polar surface area (TPSA) is 40.1 Å². The van der Waals surface area contributed by atoms with E-state index < -0.39 is 0 Å². The van der Waals surface area contributed by atoms with Crippen LogP contribution >= 0.6 is 15.9 Å². The van der Waals surface area contributed by atoms with Crippen molar-refractivity contribution in [2.75, 3.05) is 25.6 Å². The van der Waals surface area contributed by atoms with Crippen molar-refractivity contribution >= 4 is 33.8 Å². The molecular weight excluding hydrogens is 673 g/mol. The third-order valence-electron chi connectivity index (χ3n) is 6.97. The molecule has 0 amide bonds. The zero-order chi connectivity index (χ0) is 27.6. The first-order chi connectivity index (χ1) is 19.0. The number of nitriles is 1. The van der Waals surface area contributed by atoms with Gasteiger partial charge in [-0.3, -0.25) is 0 Å². The summed E-state index contributed by atoms with van der Waals surface area (Å²) in [4.78, 5) is 2.28. The predicted octanol–water partition coefficient (Wildman–Crippen LogP) is 5.31. The number of rotatable bonds is 11. The van der Waals surface area contributed by atoms with E-state index in [4.69, 9.17) is 10.00 Å². The van der Waals surface area contributed by atoms with E-state index in [9.17, 15) is 0 Å². The first kappa shape index (κ1) is 31.4. The van der Waals surface area contributed by atoms with E-state index >= 15 is 0 Å². The van der Waals surface area contributed by atoms with Crippen LogP contribution in [-0.4, -0.2) is 20.7 Å². The van der Waals surface area contributed by atoms with Crippen LogP contribution in [0.15, 0.2) is 89.4 Å². The number of hydrogen-bond donors (Lipinski definition) is 0. The number of halogens is 2. The molecule has 0 aliphatic rings. The highest BCUT2D eigenvalue weighted by Crippen LogP contribution is 2.28. The maximum atomic E-state index is 8.70. The van der Waals surface area contributed by atoms with Crippen molar-refractivity contribution in [1.82, 2.24) is 0 Å². The summed E-state index contributed by atoms with van der Waals surface area (Å²) < 4.78 is 8.66. The largest absolute Gasteiger partial charge is 1.00 e. The molecule has 3 aromatic carbocycles. The molecule has 1 aromatic heterocycles. The van der Waals surface area contributed by atoms with Crippen LogP contribution in [0.25, 0.3) is 34.5 Å². The lowest BCUT2D eigenvalue weighted by Gasteiger charge is -2.19. The number of hydrogen-bond acceptors (Lipinski definition) is 3. The summed E-state index contributed by atoms with van der Waals surface area (Å²) in [5.41, 5.74) is 8.07. The average molecular weight is 708 g/mol. The van der Waals surface area contributed by atoms with Gasteiger partial charge in [-0.25, -0.2) is 0 Å². The highest BCUT2D eigenvalue weighted by atomic mass is 127. The number of unbranched alkanes of at least 4 members (excludes halogenated alkanes) is 3. The van der Waals surface area contributed by atoms with Crippen molar-refractivity contribution in [2.24, 2.45) is 7.05 Å². The number of pyridine rings is 1. The Hall–Kier alpha value is -3.15. The normalized spacial score (nSPS) is 10.7. The molecule has 0 unspecified atom stereocenters. The fourth-order valence-corrected chi connectivity index (χ4v) is 4.83. The Bertz CT molecular complexity index is 1440. The number of nitrogens with zero attached hydrogens (tertiary/aromatic N) is 3. The average Bonchev–Trinajstić information content (AvgIpc) is 2.97. The fraction of sp³-hybridized carbons (Fsp3) is 0.235. The van der Waals surface area contributed by atoms with Crippen molar-refractivity contribution in [3.63, 3.8) is 0 Å². The molecule has 4 aromatic rings. The third-order valence-corrected chi connectivity index (χ3v) is 7.50. The second kappa shape index (κ2) is 15.6. The molecule has 0 spiro atoms. The third kappa shape index (κ3) is 8.42. The van der Waals surface area contributed by atoms with Gasteiger partial charge >= 0.3 is 0 Å². The fourth-order valence-electron chi connectivity index (χ4n) is 4.57. The quantitative estimate of drug-likeness (QED) is 0.121. The van der Waals surface area contributed by atoms with Gasteiger partial charge in [0.25, 0.3) is 0 Å². The van der Waals surface area contributed by atoms with Crippen LogP contribution in [0.2, 0.25) is 0 Å². The molecule has 4 rings (SSSR count). The Morgan fingerprint density at radius 1 is 0.850 bits per heavy atom. The van der Waals surface area contributed by atoms with Gasteiger partial charge in [0.1, 0.15) is 12.8 Å². The van der Waals surface area contributed by atoms with Gasteiger partial charge in [-0.1, -0.05) is 46.6 Å². The van der Waals surface area contributed by atoms with Crippen LogP contribution in [0.5, 0.6) is 5.75 Å². The summed E-state index contributed by atoms with van der Waals surface area (Å²) in [6.45, 7) is 0.993. The minimum absolute atomic E-state index is 0. The van der Waals surface area contributed by atoms with E-state index in [1.807, 2.05) is 12.1 Å². The molecule has 0 aliphatic heterocycles. The Balaban J connectivity index is 0.00000441. The molecule has 0 aliphatic carbocycles. The lowest BCUT2D eigenvalue weighted by atomic mass is 10.0. The molecule has 0 fully saturated rings. The number of aromatic nitrogens is 1. The minimum Gasteiger partial charge on any atom is -1.00 e. The number of anilines is 1. The van der Waals surface area contributed by atoms with Crippen molar-refractivity contribution in [3.8, 4) is 34.2 Å². The van der Waals surface area contributed by atoms with Crippen LogP contribution in [0, 0.1) is 11.3 Å². The standard InChI is InChI=1S/C34H35BrN3O.HI/c1-37(23-7-5-4-6-22-36)31-17-8-26(9-18-31)10-19-32-24-29(27-13-20-33(39-3)21-14-27)25-34(38(32)2)28-11-15-30(35)16-12-28;/h8-21,24-25H,4-7,23H2,1-3H3;1H/q+1;/p-1. The lowest BCUT2D eigenvalue weighted by molar-refractivity contribution is -0.662. The van der Waals surface area contributed by atoms with Crippen molar-refractivity contribution in [3.05, 3.63) is 101 Å². The number of benzene rings is 3. The zero-order valence-corrected chi connectivity index (χ0v) is 27.0. The SMILES string of the molecule is COc1ccc(-c2cc(C=Cc3ccc(N(C)CCCCCC#N)cc3)[n+](C)c(-c3ccc(Br)cc3)c2)cc1.[I-]. The molecule has 0 bridgehead atoms. The Labute approximate surface area is 264 Å². The van der Waals surface area contributed by atoms with E-state index in [1.165, 1.54) is 5.69 Å². The van der Waals surface area contributed by atoms with E-state index in [1.54, 1.807) is 7.11 Å². The van der Waals surface area contributed by atoms with Gasteiger partial charge in [0.2, 0.25) is 11.4 Å². The summed E-state index contributed by atoms with van der Waals surface area (Å²) in [5, 5.41) is 8.70. The van der Waals surface area contributed by atoms with Gasteiger partial charge in [0, 0.05) is 53.9 Å².